The predicted molar refractivity (Wildman–Crippen MR) is 137 cm³/mol. The first-order valence-electron chi connectivity index (χ1n) is 12.6. The second kappa shape index (κ2) is 11.6. The quantitative estimate of drug-likeness (QED) is 0.514. The number of ether oxygens (including phenoxy) is 3. The van der Waals surface area contributed by atoms with Crippen molar-refractivity contribution in [3.05, 3.63) is 30.5 Å². The fourth-order valence-corrected chi connectivity index (χ4v) is 4.73. The number of hydrogen-bond donors (Lipinski definition) is 1. The van der Waals surface area contributed by atoms with Crippen LogP contribution in [0.2, 0.25) is 0 Å². The first-order valence-corrected chi connectivity index (χ1v) is 12.6. The van der Waals surface area contributed by atoms with Crippen molar-refractivity contribution < 1.29 is 28.2 Å². The summed E-state index contributed by atoms with van der Waals surface area (Å²) in [5.41, 5.74) is 2.00. The Morgan fingerprint density at radius 1 is 1.11 bits per heavy atom. The lowest BCUT2D eigenvalue weighted by Gasteiger charge is -2.31. The molecule has 3 aromatic rings. The number of nitrogens with one attached hydrogen (secondary N) is 1. The van der Waals surface area contributed by atoms with Gasteiger partial charge in [-0.15, -0.1) is 0 Å². The Hall–Kier alpha value is -4.00. The molecular formula is C25H30FN7O5. The molecule has 2 amide bonds. The van der Waals surface area contributed by atoms with Gasteiger partial charge in [0.05, 0.1) is 37.9 Å². The number of methoxy groups -OCH3 is 1. The number of anilines is 2. The molecule has 1 aromatic carbocycles. The summed E-state index contributed by atoms with van der Waals surface area (Å²) >= 11 is 0. The molecule has 2 aliphatic heterocycles. The number of morpholine rings is 1. The van der Waals surface area contributed by atoms with Crippen molar-refractivity contribution in [3.63, 3.8) is 0 Å². The van der Waals surface area contributed by atoms with E-state index < -0.39 is 12.8 Å². The van der Waals surface area contributed by atoms with E-state index in [-0.39, 0.29) is 18.7 Å². The number of rotatable bonds is 6. The lowest BCUT2D eigenvalue weighted by atomic mass is 10.1. The number of aromatic nitrogens is 4. The number of halogens is 1. The third kappa shape index (κ3) is 5.47. The molecule has 0 radical (unpaired) electrons. The molecule has 2 fully saturated rings. The zero-order valence-electron chi connectivity index (χ0n) is 21.1. The highest BCUT2D eigenvalue weighted by Gasteiger charge is 2.28. The topological polar surface area (TPSA) is 124 Å². The van der Waals surface area contributed by atoms with E-state index in [1.807, 2.05) is 23.0 Å². The summed E-state index contributed by atoms with van der Waals surface area (Å²) in [6.07, 6.45) is 2.24. The molecule has 0 saturated carbocycles. The van der Waals surface area contributed by atoms with Crippen LogP contribution in [0.3, 0.4) is 0 Å². The normalized spacial score (nSPS) is 16.5. The predicted octanol–water partition coefficient (Wildman–Crippen LogP) is 3.25. The van der Waals surface area contributed by atoms with Crippen molar-refractivity contribution in [1.29, 1.82) is 0 Å². The van der Waals surface area contributed by atoms with Crippen LogP contribution in [-0.4, -0.2) is 96.6 Å². The lowest BCUT2D eigenvalue weighted by molar-refractivity contribution is 0.106. The molecule has 38 heavy (non-hydrogen) atoms. The van der Waals surface area contributed by atoms with Crippen molar-refractivity contribution in [1.82, 2.24) is 24.6 Å². The van der Waals surface area contributed by atoms with Gasteiger partial charge in [-0.1, -0.05) is 0 Å². The number of piperidine rings is 1. The van der Waals surface area contributed by atoms with Crippen LogP contribution in [-0.2, 0) is 14.2 Å². The van der Waals surface area contributed by atoms with Crippen LogP contribution in [0, 0.1) is 0 Å². The van der Waals surface area contributed by atoms with Gasteiger partial charge in [-0.2, -0.15) is 5.10 Å². The highest BCUT2D eigenvalue weighted by atomic mass is 19.1. The molecule has 13 heteroatoms. The molecule has 5 rings (SSSR count). The number of fused-ring (bicyclic) bond motifs is 1. The van der Waals surface area contributed by atoms with E-state index in [0.717, 1.165) is 35.3 Å². The van der Waals surface area contributed by atoms with E-state index in [1.165, 1.54) is 7.11 Å². The standard InChI is InChI=1S/C25H30FN7O5/c1-36-25(35)32-9-6-19(7-10-32)33-23-20(16-27-33)22(31-11-14-37-15-12-31)29-21(30-23)17-2-4-18(5-3-17)28-24(34)38-13-8-26/h2-5,16,19H,6-15H2,1H3,(H,28,34). The number of nitrogens with zero attached hydrogens (tertiary/aromatic N) is 6. The molecule has 0 bridgehead atoms. The van der Waals surface area contributed by atoms with Gasteiger partial charge in [0.25, 0.3) is 0 Å². The Balaban J connectivity index is 1.45. The maximum atomic E-state index is 12.2. The monoisotopic (exact) mass is 527 g/mol. The van der Waals surface area contributed by atoms with Crippen LogP contribution in [0.15, 0.2) is 30.5 Å². The van der Waals surface area contributed by atoms with E-state index >= 15 is 0 Å². The first kappa shape index (κ1) is 25.6. The molecule has 2 aliphatic rings. The molecule has 4 heterocycles. The van der Waals surface area contributed by atoms with Gasteiger partial charge < -0.3 is 24.0 Å². The number of hydrogen-bond acceptors (Lipinski definition) is 9. The average molecular weight is 528 g/mol. The Morgan fingerprint density at radius 2 is 1.84 bits per heavy atom. The minimum atomic E-state index is -0.737. The van der Waals surface area contributed by atoms with Gasteiger partial charge in [-0.25, -0.2) is 28.6 Å². The van der Waals surface area contributed by atoms with Crippen LogP contribution in [0.25, 0.3) is 22.4 Å². The third-order valence-corrected chi connectivity index (χ3v) is 6.69. The summed E-state index contributed by atoms with van der Waals surface area (Å²) in [4.78, 5) is 37.4. The smallest absolute Gasteiger partial charge is 0.411 e. The summed E-state index contributed by atoms with van der Waals surface area (Å²) in [5, 5.41) is 8.14. The zero-order chi connectivity index (χ0) is 26.5. The van der Waals surface area contributed by atoms with Crippen LogP contribution >= 0.6 is 0 Å². The van der Waals surface area contributed by atoms with E-state index in [2.05, 4.69) is 10.2 Å². The van der Waals surface area contributed by atoms with Gasteiger partial charge in [0.2, 0.25) is 0 Å². The fourth-order valence-electron chi connectivity index (χ4n) is 4.73. The molecule has 0 atom stereocenters. The van der Waals surface area contributed by atoms with Crippen molar-refractivity contribution in [3.8, 4) is 11.4 Å². The Labute approximate surface area is 218 Å². The molecule has 202 valence electrons. The Kier molecular flexibility index (Phi) is 7.82. The van der Waals surface area contributed by atoms with Crippen LogP contribution in [0.4, 0.5) is 25.5 Å². The first-order chi connectivity index (χ1) is 18.6. The van der Waals surface area contributed by atoms with Gasteiger partial charge >= 0.3 is 12.2 Å². The van der Waals surface area contributed by atoms with Crippen molar-refractivity contribution >= 4 is 34.7 Å². The van der Waals surface area contributed by atoms with Crippen LogP contribution in [0.5, 0.6) is 0 Å². The van der Waals surface area contributed by atoms with Crippen molar-refractivity contribution in [2.75, 3.05) is 70.0 Å². The van der Waals surface area contributed by atoms with Gasteiger partial charge in [0, 0.05) is 37.4 Å². The van der Waals surface area contributed by atoms with E-state index in [9.17, 15) is 14.0 Å². The number of amides is 2. The van der Waals surface area contributed by atoms with Crippen molar-refractivity contribution in [2.45, 2.75) is 18.9 Å². The minimum absolute atomic E-state index is 0.0793. The summed E-state index contributed by atoms with van der Waals surface area (Å²) in [6, 6.07) is 7.13. The molecular weight excluding hydrogens is 497 g/mol. The Morgan fingerprint density at radius 3 is 2.53 bits per heavy atom. The number of benzene rings is 1. The summed E-state index contributed by atoms with van der Waals surface area (Å²) in [5.74, 6) is 1.32. The van der Waals surface area contributed by atoms with Crippen molar-refractivity contribution in [2.24, 2.45) is 0 Å². The number of carbonyl (C=O) groups excluding carboxylic acids is 2. The highest BCUT2D eigenvalue weighted by Crippen LogP contribution is 2.32. The number of alkyl halides is 1. The second-order valence-corrected chi connectivity index (χ2v) is 9.01. The fraction of sp³-hybridized carbons (Fsp3) is 0.480. The Bertz CT molecular complexity index is 1270. The molecule has 2 saturated heterocycles. The highest BCUT2D eigenvalue weighted by molar-refractivity contribution is 5.89. The largest absolute Gasteiger partial charge is 0.453 e. The van der Waals surface area contributed by atoms with Crippen LogP contribution in [0.1, 0.15) is 18.9 Å². The minimum Gasteiger partial charge on any atom is -0.453 e. The molecule has 0 unspecified atom stereocenters. The summed E-state index contributed by atoms with van der Waals surface area (Å²) < 4.78 is 29.3. The van der Waals surface area contributed by atoms with Gasteiger partial charge in [-0.05, 0) is 37.1 Å². The van der Waals surface area contributed by atoms with E-state index in [4.69, 9.17) is 29.3 Å². The molecule has 2 aromatic heterocycles. The van der Waals surface area contributed by atoms with E-state index in [0.29, 0.717) is 50.9 Å². The van der Waals surface area contributed by atoms with Gasteiger partial charge in [-0.3, -0.25) is 5.32 Å². The molecule has 1 N–H and O–H groups in total. The number of likely N-dealkylation sites (tertiary alicyclic amines) is 1. The molecule has 12 nitrogen and oxygen atoms in total. The van der Waals surface area contributed by atoms with E-state index in [1.54, 1.807) is 17.0 Å². The summed E-state index contributed by atoms with van der Waals surface area (Å²) in [7, 11) is 1.39. The molecule has 0 spiro atoms. The zero-order valence-corrected chi connectivity index (χ0v) is 21.1. The molecule has 0 aliphatic carbocycles. The third-order valence-electron chi connectivity index (χ3n) is 6.69. The number of carbonyl (C=O) groups is 2. The lowest BCUT2D eigenvalue weighted by Crippen LogP contribution is -2.39. The SMILES string of the molecule is COC(=O)N1CCC(n2ncc3c(N4CCOCC4)nc(-c4ccc(NC(=O)OCCF)cc4)nc32)CC1. The average Bonchev–Trinajstić information content (AvgIpc) is 3.40. The summed E-state index contributed by atoms with van der Waals surface area (Å²) in [6.45, 7) is 2.76. The maximum Gasteiger partial charge on any atom is 0.411 e. The van der Waals surface area contributed by atoms with Crippen LogP contribution < -0.4 is 10.2 Å². The van der Waals surface area contributed by atoms with Gasteiger partial charge in [0.1, 0.15) is 19.1 Å². The second-order valence-electron chi connectivity index (χ2n) is 9.01. The van der Waals surface area contributed by atoms with Gasteiger partial charge in [0.15, 0.2) is 11.5 Å². The maximum absolute atomic E-state index is 12.2.